The first-order valence-corrected chi connectivity index (χ1v) is 14.0. The van der Waals surface area contributed by atoms with Crippen molar-refractivity contribution in [3.8, 4) is 11.1 Å². The van der Waals surface area contributed by atoms with E-state index in [0.717, 1.165) is 22.7 Å². The van der Waals surface area contributed by atoms with E-state index < -0.39 is 0 Å². The maximum Gasteiger partial charge on any atom is 0.0862 e. The van der Waals surface area contributed by atoms with Crippen LogP contribution in [0.25, 0.3) is 11.1 Å². The standard InChI is InChI=1S/C36H42N4/c1-23-19-31(39-37-29-15-11-27(12-16-29)35(5,6)7)20-24(2)33(23)34-25(3)21-32(22-26(34)4)40-38-30-17-13-28(14-18-30)36(8,9)10/h11-22H,1-10H3. The molecule has 0 amide bonds. The lowest BCUT2D eigenvalue weighted by molar-refractivity contribution is 0.590. The molecule has 0 aliphatic rings. The second kappa shape index (κ2) is 11.3. The number of azo groups is 2. The fourth-order valence-corrected chi connectivity index (χ4v) is 5.07. The lowest BCUT2D eigenvalue weighted by atomic mass is 9.87. The first-order chi connectivity index (χ1) is 18.7. The molecule has 4 rings (SSSR count). The van der Waals surface area contributed by atoms with Gasteiger partial charge in [0.15, 0.2) is 0 Å². The van der Waals surface area contributed by atoms with Gasteiger partial charge in [-0.05, 0) is 132 Å². The summed E-state index contributed by atoms with van der Waals surface area (Å²) in [6.07, 6.45) is 0. The summed E-state index contributed by atoms with van der Waals surface area (Å²) >= 11 is 0. The molecule has 4 aromatic carbocycles. The number of aryl methyl sites for hydroxylation is 4. The largest absolute Gasteiger partial charge is 0.151 e. The van der Waals surface area contributed by atoms with Crippen LogP contribution in [0, 0.1) is 27.7 Å². The van der Waals surface area contributed by atoms with Crippen molar-refractivity contribution in [1.29, 1.82) is 0 Å². The SMILES string of the molecule is Cc1cc(N=Nc2ccc(C(C)(C)C)cc2)cc(C)c1-c1c(C)cc(N=Nc2ccc(C(C)(C)C)cc2)cc1C. The van der Waals surface area contributed by atoms with Gasteiger partial charge in [-0.15, -0.1) is 0 Å². The molecule has 0 saturated carbocycles. The van der Waals surface area contributed by atoms with E-state index in [1.807, 2.05) is 24.3 Å². The van der Waals surface area contributed by atoms with E-state index in [-0.39, 0.29) is 10.8 Å². The molecule has 4 heteroatoms. The number of hydrogen-bond donors (Lipinski definition) is 0. The van der Waals surface area contributed by atoms with E-state index in [4.69, 9.17) is 0 Å². The Labute approximate surface area is 240 Å². The van der Waals surface area contributed by atoms with Gasteiger partial charge in [0.25, 0.3) is 0 Å². The maximum atomic E-state index is 4.55. The highest BCUT2D eigenvalue weighted by Gasteiger charge is 2.15. The number of nitrogens with zero attached hydrogens (tertiary/aromatic N) is 4. The summed E-state index contributed by atoms with van der Waals surface area (Å²) in [5.74, 6) is 0. The number of hydrogen-bond acceptors (Lipinski definition) is 4. The van der Waals surface area contributed by atoms with Crippen molar-refractivity contribution in [2.75, 3.05) is 0 Å². The normalized spacial score (nSPS) is 12.6. The second-order valence-corrected chi connectivity index (χ2v) is 12.9. The minimum atomic E-state index is 0.120. The van der Waals surface area contributed by atoms with Crippen LogP contribution in [0.1, 0.15) is 74.9 Å². The van der Waals surface area contributed by atoms with Crippen LogP contribution in [0.4, 0.5) is 22.7 Å². The zero-order valence-electron chi connectivity index (χ0n) is 25.7. The highest BCUT2D eigenvalue weighted by atomic mass is 15.1. The van der Waals surface area contributed by atoms with Gasteiger partial charge in [-0.2, -0.15) is 20.5 Å². The summed E-state index contributed by atoms with van der Waals surface area (Å²) < 4.78 is 0. The average molecular weight is 531 g/mol. The Bertz CT molecular complexity index is 1390. The first kappa shape index (κ1) is 29.1. The first-order valence-electron chi connectivity index (χ1n) is 14.0. The molecule has 0 aliphatic heterocycles. The van der Waals surface area contributed by atoms with Crippen molar-refractivity contribution in [2.24, 2.45) is 20.5 Å². The molecule has 0 aromatic heterocycles. The van der Waals surface area contributed by atoms with Crippen LogP contribution >= 0.6 is 0 Å². The minimum absolute atomic E-state index is 0.120. The molecule has 0 spiro atoms. The molecular formula is C36H42N4. The topological polar surface area (TPSA) is 49.4 Å². The van der Waals surface area contributed by atoms with Gasteiger partial charge >= 0.3 is 0 Å². The van der Waals surface area contributed by atoms with Crippen molar-refractivity contribution in [3.63, 3.8) is 0 Å². The average Bonchev–Trinajstić information content (AvgIpc) is 2.87. The Morgan fingerprint density at radius 2 is 0.625 bits per heavy atom. The van der Waals surface area contributed by atoms with Gasteiger partial charge in [-0.25, -0.2) is 0 Å². The third-order valence-electron chi connectivity index (χ3n) is 7.31. The molecule has 0 radical (unpaired) electrons. The smallest absolute Gasteiger partial charge is 0.0862 e. The van der Waals surface area contributed by atoms with Crippen molar-refractivity contribution < 1.29 is 0 Å². The van der Waals surface area contributed by atoms with Gasteiger partial charge in [0, 0.05) is 0 Å². The Hall–Kier alpha value is -3.92. The monoisotopic (exact) mass is 530 g/mol. The quantitative estimate of drug-likeness (QED) is 0.230. The highest BCUT2D eigenvalue weighted by molar-refractivity contribution is 5.79. The molecule has 4 nitrogen and oxygen atoms in total. The summed E-state index contributed by atoms with van der Waals surface area (Å²) in [6.45, 7) is 21.9. The third-order valence-corrected chi connectivity index (χ3v) is 7.31. The van der Waals surface area contributed by atoms with Crippen LogP contribution in [0.5, 0.6) is 0 Å². The summed E-state index contributed by atoms with van der Waals surface area (Å²) in [5, 5.41) is 18.1. The Kier molecular flexibility index (Phi) is 8.20. The highest BCUT2D eigenvalue weighted by Crippen LogP contribution is 2.38. The molecule has 0 aliphatic carbocycles. The summed E-state index contributed by atoms with van der Waals surface area (Å²) in [6, 6.07) is 25.1. The number of benzene rings is 4. The molecular weight excluding hydrogens is 488 g/mol. The van der Waals surface area contributed by atoms with Gasteiger partial charge in [0.1, 0.15) is 0 Å². The molecule has 0 atom stereocenters. The second-order valence-electron chi connectivity index (χ2n) is 12.9. The van der Waals surface area contributed by atoms with Crippen LogP contribution in [-0.2, 0) is 10.8 Å². The number of rotatable bonds is 5. The van der Waals surface area contributed by atoms with Crippen molar-refractivity contribution in [1.82, 2.24) is 0 Å². The molecule has 4 aromatic rings. The van der Waals surface area contributed by atoms with Gasteiger partial charge in [-0.3, -0.25) is 0 Å². The molecule has 0 fully saturated rings. The molecule has 0 saturated heterocycles. The summed E-state index contributed by atoms with van der Waals surface area (Å²) in [4.78, 5) is 0. The Balaban J connectivity index is 1.57. The minimum Gasteiger partial charge on any atom is -0.151 e. The van der Waals surface area contributed by atoms with Crippen LogP contribution < -0.4 is 0 Å². The van der Waals surface area contributed by atoms with Gasteiger partial charge in [0.05, 0.1) is 22.7 Å². The molecule has 40 heavy (non-hydrogen) atoms. The molecule has 0 N–H and O–H groups in total. The molecule has 0 heterocycles. The predicted octanol–water partition coefficient (Wildman–Crippen LogP) is 12.0. The Morgan fingerprint density at radius 1 is 0.375 bits per heavy atom. The van der Waals surface area contributed by atoms with Crippen LogP contribution in [0.3, 0.4) is 0 Å². The van der Waals surface area contributed by atoms with E-state index in [1.165, 1.54) is 44.5 Å². The summed E-state index contributed by atoms with van der Waals surface area (Å²) in [7, 11) is 0. The molecule has 0 bridgehead atoms. The fraction of sp³-hybridized carbons (Fsp3) is 0.333. The van der Waals surface area contributed by atoms with Gasteiger partial charge in [0.2, 0.25) is 0 Å². The van der Waals surface area contributed by atoms with Gasteiger partial charge < -0.3 is 0 Å². The molecule has 0 unspecified atom stereocenters. The fourth-order valence-electron chi connectivity index (χ4n) is 5.07. The van der Waals surface area contributed by atoms with Crippen molar-refractivity contribution >= 4 is 22.7 Å². The van der Waals surface area contributed by atoms with Crippen LogP contribution in [0.15, 0.2) is 93.3 Å². The Morgan fingerprint density at radius 3 is 0.875 bits per heavy atom. The van der Waals surface area contributed by atoms with E-state index >= 15 is 0 Å². The van der Waals surface area contributed by atoms with Crippen molar-refractivity contribution in [2.45, 2.75) is 80.1 Å². The summed E-state index contributed by atoms with van der Waals surface area (Å²) in [5.41, 5.74) is 13.4. The zero-order chi connectivity index (χ0) is 29.2. The third kappa shape index (κ3) is 6.80. The lowest BCUT2D eigenvalue weighted by Crippen LogP contribution is -2.10. The zero-order valence-corrected chi connectivity index (χ0v) is 25.7. The van der Waals surface area contributed by atoms with E-state index in [0.29, 0.717) is 0 Å². The van der Waals surface area contributed by atoms with E-state index in [2.05, 4.69) is 138 Å². The van der Waals surface area contributed by atoms with Crippen LogP contribution in [0.2, 0.25) is 0 Å². The maximum absolute atomic E-state index is 4.55. The van der Waals surface area contributed by atoms with E-state index in [9.17, 15) is 0 Å². The van der Waals surface area contributed by atoms with Gasteiger partial charge in [-0.1, -0.05) is 65.8 Å². The van der Waals surface area contributed by atoms with Crippen molar-refractivity contribution in [3.05, 3.63) is 106 Å². The predicted molar refractivity (Wildman–Crippen MR) is 169 cm³/mol. The molecule has 206 valence electrons. The van der Waals surface area contributed by atoms with E-state index in [1.54, 1.807) is 0 Å². The lowest BCUT2D eigenvalue weighted by Gasteiger charge is -2.18. The van der Waals surface area contributed by atoms with Crippen LogP contribution in [-0.4, -0.2) is 0 Å².